The molecule has 10 aromatic rings. The van der Waals surface area contributed by atoms with E-state index >= 15 is 0 Å². The van der Waals surface area contributed by atoms with Gasteiger partial charge in [0.2, 0.25) is 0 Å². The molecule has 0 aliphatic heterocycles. The molecule has 0 amide bonds. The average molecular weight is 649 g/mol. The third kappa shape index (κ3) is 4.94. The summed E-state index contributed by atoms with van der Waals surface area (Å²) in [6.45, 7) is 0. The van der Waals surface area contributed by atoms with Crippen molar-refractivity contribution in [1.82, 2.24) is 0 Å². The van der Waals surface area contributed by atoms with E-state index in [0.717, 1.165) is 22.3 Å². The van der Waals surface area contributed by atoms with Crippen molar-refractivity contribution < 1.29 is 4.42 Å². The molecular formula is C50H32O. The smallest absolute Gasteiger partial charge is 0.135 e. The van der Waals surface area contributed by atoms with E-state index in [-0.39, 0.29) is 0 Å². The monoisotopic (exact) mass is 648 g/mol. The minimum absolute atomic E-state index is 0.875. The first-order valence-electron chi connectivity index (χ1n) is 17.5. The third-order valence-corrected chi connectivity index (χ3v) is 10.3. The summed E-state index contributed by atoms with van der Waals surface area (Å²) in [5.74, 6) is 0.875. The minimum Gasteiger partial charge on any atom is -0.456 e. The predicted molar refractivity (Wildman–Crippen MR) is 216 cm³/mol. The maximum atomic E-state index is 6.59. The van der Waals surface area contributed by atoms with Gasteiger partial charge in [0, 0.05) is 10.9 Å². The van der Waals surface area contributed by atoms with Crippen LogP contribution in [0.5, 0.6) is 0 Å². The van der Waals surface area contributed by atoms with E-state index < -0.39 is 0 Å². The molecule has 51 heavy (non-hydrogen) atoms. The van der Waals surface area contributed by atoms with Crippen LogP contribution in [0.4, 0.5) is 0 Å². The number of fused-ring (bicyclic) bond motifs is 4. The Labute approximate surface area is 296 Å². The molecule has 0 aliphatic rings. The van der Waals surface area contributed by atoms with Crippen LogP contribution in [0.25, 0.3) is 99.1 Å². The number of rotatable bonds is 5. The van der Waals surface area contributed by atoms with E-state index in [1.54, 1.807) is 0 Å². The zero-order chi connectivity index (χ0) is 33.7. The van der Waals surface area contributed by atoms with Gasteiger partial charge in [-0.15, -0.1) is 0 Å². The molecule has 0 fully saturated rings. The van der Waals surface area contributed by atoms with Crippen LogP contribution >= 0.6 is 0 Å². The van der Waals surface area contributed by atoms with Crippen LogP contribution in [0.2, 0.25) is 0 Å². The van der Waals surface area contributed by atoms with Crippen LogP contribution < -0.4 is 0 Å². The Balaban J connectivity index is 1.21. The van der Waals surface area contributed by atoms with Gasteiger partial charge < -0.3 is 4.42 Å². The second kappa shape index (κ2) is 12.0. The van der Waals surface area contributed by atoms with Crippen molar-refractivity contribution in [2.24, 2.45) is 0 Å². The Morgan fingerprint density at radius 3 is 1.53 bits per heavy atom. The Bertz CT molecular complexity index is 2840. The third-order valence-electron chi connectivity index (χ3n) is 10.3. The highest BCUT2D eigenvalue weighted by Gasteiger charge is 2.20. The van der Waals surface area contributed by atoms with Gasteiger partial charge in [-0.3, -0.25) is 0 Å². The van der Waals surface area contributed by atoms with Crippen LogP contribution in [-0.4, -0.2) is 0 Å². The van der Waals surface area contributed by atoms with Crippen LogP contribution in [0, 0.1) is 0 Å². The largest absolute Gasteiger partial charge is 0.456 e. The van der Waals surface area contributed by atoms with Crippen molar-refractivity contribution in [1.29, 1.82) is 0 Å². The van der Waals surface area contributed by atoms with Crippen molar-refractivity contribution in [2.45, 2.75) is 0 Å². The molecule has 0 unspecified atom stereocenters. The summed E-state index contributed by atoms with van der Waals surface area (Å²) in [7, 11) is 0. The lowest BCUT2D eigenvalue weighted by Crippen LogP contribution is -1.92. The maximum Gasteiger partial charge on any atom is 0.135 e. The molecule has 10 rings (SSSR count). The molecule has 0 N–H and O–H groups in total. The van der Waals surface area contributed by atoms with Gasteiger partial charge in [0.15, 0.2) is 0 Å². The van der Waals surface area contributed by atoms with Crippen molar-refractivity contribution in [3.63, 3.8) is 0 Å². The Hall–Kier alpha value is -6.70. The first kappa shape index (κ1) is 29.2. The van der Waals surface area contributed by atoms with E-state index in [4.69, 9.17) is 4.42 Å². The van der Waals surface area contributed by atoms with E-state index in [1.165, 1.54) is 76.8 Å². The fourth-order valence-electron chi connectivity index (χ4n) is 7.92. The molecule has 0 saturated heterocycles. The quantitative estimate of drug-likeness (QED) is 0.169. The number of furan rings is 1. The highest BCUT2D eigenvalue weighted by atomic mass is 16.3. The van der Waals surface area contributed by atoms with E-state index in [0.29, 0.717) is 0 Å². The van der Waals surface area contributed by atoms with Crippen molar-refractivity contribution in [3.8, 4) is 55.8 Å². The second-order valence-corrected chi connectivity index (χ2v) is 13.2. The van der Waals surface area contributed by atoms with Crippen LogP contribution in [-0.2, 0) is 0 Å². The zero-order valence-electron chi connectivity index (χ0n) is 27.9. The highest BCUT2D eigenvalue weighted by Crippen LogP contribution is 2.47. The molecule has 1 heterocycles. The summed E-state index contributed by atoms with van der Waals surface area (Å²) in [6, 6.07) is 69.9. The van der Waals surface area contributed by atoms with Crippen molar-refractivity contribution in [2.75, 3.05) is 0 Å². The molecule has 0 saturated carbocycles. The minimum atomic E-state index is 0.875. The average Bonchev–Trinajstić information content (AvgIpc) is 3.65. The molecule has 1 heteroatoms. The molecule has 0 radical (unpaired) electrons. The standard InChI is InChI=1S/C50H32O/c1-3-15-34(16-4-1)39-29-28-38(31-45(39)35-17-5-2-6-18-35)49-40-20-9-11-22-42(40)50(43-23-12-10-21-41(43)49)44-24-13-25-47-46(44)32-48(51-47)37-27-26-33-14-7-8-19-36(33)30-37/h1-32H. The highest BCUT2D eigenvalue weighted by molar-refractivity contribution is 6.23. The zero-order valence-corrected chi connectivity index (χ0v) is 27.9. The van der Waals surface area contributed by atoms with Gasteiger partial charge in [0.25, 0.3) is 0 Å². The van der Waals surface area contributed by atoms with E-state index in [1.807, 2.05) is 0 Å². The fraction of sp³-hybridized carbons (Fsp3) is 0. The molecule has 0 aliphatic carbocycles. The van der Waals surface area contributed by atoms with Crippen molar-refractivity contribution >= 4 is 43.3 Å². The molecule has 0 atom stereocenters. The number of hydrogen-bond acceptors (Lipinski definition) is 1. The lowest BCUT2D eigenvalue weighted by molar-refractivity contribution is 0.632. The lowest BCUT2D eigenvalue weighted by atomic mass is 9.84. The summed E-state index contributed by atoms with van der Waals surface area (Å²) < 4.78 is 6.59. The lowest BCUT2D eigenvalue weighted by Gasteiger charge is -2.19. The Morgan fingerprint density at radius 1 is 0.275 bits per heavy atom. The molecule has 238 valence electrons. The summed E-state index contributed by atoms with van der Waals surface area (Å²) in [5, 5.41) is 8.45. The first-order valence-corrected chi connectivity index (χ1v) is 17.5. The molecule has 0 spiro atoms. The van der Waals surface area contributed by atoms with Gasteiger partial charge in [-0.05, 0) is 101 Å². The van der Waals surface area contributed by atoms with Gasteiger partial charge in [0.1, 0.15) is 11.3 Å². The molecule has 0 bridgehead atoms. The van der Waals surface area contributed by atoms with Crippen LogP contribution in [0.15, 0.2) is 199 Å². The predicted octanol–water partition coefficient (Wildman–Crippen LogP) is 14.2. The van der Waals surface area contributed by atoms with Crippen molar-refractivity contribution in [3.05, 3.63) is 194 Å². The van der Waals surface area contributed by atoms with E-state index in [2.05, 4.69) is 194 Å². The number of benzene rings is 9. The summed E-state index contributed by atoms with van der Waals surface area (Å²) >= 11 is 0. The van der Waals surface area contributed by atoms with Gasteiger partial charge >= 0.3 is 0 Å². The first-order chi connectivity index (χ1) is 25.3. The maximum absolute atomic E-state index is 6.59. The van der Waals surface area contributed by atoms with Crippen LogP contribution in [0.3, 0.4) is 0 Å². The molecular weight excluding hydrogens is 617 g/mol. The Kier molecular flexibility index (Phi) is 6.89. The van der Waals surface area contributed by atoms with Gasteiger partial charge in [-0.25, -0.2) is 0 Å². The second-order valence-electron chi connectivity index (χ2n) is 13.2. The SMILES string of the molecule is c1ccc(-c2ccc(-c3c4ccccc4c(-c4cccc5oc(-c6ccc7ccccc7c6)cc45)c4ccccc34)cc2-c2ccccc2)cc1. The molecule has 1 nitrogen and oxygen atoms in total. The van der Waals surface area contributed by atoms with Gasteiger partial charge in [-0.2, -0.15) is 0 Å². The van der Waals surface area contributed by atoms with Crippen LogP contribution in [0.1, 0.15) is 0 Å². The van der Waals surface area contributed by atoms with E-state index in [9.17, 15) is 0 Å². The van der Waals surface area contributed by atoms with Gasteiger partial charge in [0.05, 0.1) is 0 Å². The molecule has 1 aromatic heterocycles. The topological polar surface area (TPSA) is 13.1 Å². The summed E-state index contributed by atoms with van der Waals surface area (Å²) in [6.07, 6.45) is 0. The summed E-state index contributed by atoms with van der Waals surface area (Å²) in [5.41, 5.74) is 11.7. The summed E-state index contributed by atoms with van der Waals surface area (Å²) in [4.78, 5) is 0. The normalized spacial score (nSPS) is 11.5. The Morgan fingerprint density at radius 2 is 0.843 bits per heavy atom. The number of hydrogen-bond donors (Lipinski definition) is 0. The van der Waals surface area contributed by atoms with Gasteiger partial charge in [-0.1, -0.05) is 170 Å². The molecule has 9 aromatic carbocycles. The fourth-order valence-corrected chi connectivity index (χ4v) is 7.92.